The van der Waals surface area contributed by atoms with Crippen molar-refractivity contribution < 1.29 is 14.3 Å². The minimum atomic E-state index is -0.523. The summed E-state index contributed by atoms with van der Waals surface area (Å²) in [6.45, 7) is 8.36. The number of aryl methyl sites for hydroxylation is 1. The van der Waals surface area contributed by atoms with E-state index in [-0.39, 0.29) is 18.2 Å². The Balaban J connectivity index is 1.81. The molecule has 0 bridgehead atoms. The lowest BCUT2D eigenvalue weighted by Gasteiger charge is -2.28. The molecule has 8 nitrogen and oxygen atoms in total. The summed E-state index contributed by atoms with van der Waals surface area (Å²) in [5.41, 5.74) is -0.523. The average Bonchev–Trinajstić information content (AvgIpc) is 3.03. The van der Waals surface area contributed by atoms with Crippen LogP contribution >= 0.6 is 11.3 Å². The average molecular weight is 341 g/mol. The minimum Gasteiger partial charge on any atom is -0.444 e. The normalized spacial score (nSPS) is 17.9. The number of hydrogen-bond donors (Lipinski definition) is 2. The predicted molar refractivity (Wildman–Crippen MR) is 87.6 cm³/mol. The van der Waals surface area contributed by atoms with Crippen molar-refractivity contribution in [2.75, 3.05) is 18.4 Å². The van der Waals surface area contributed by atoms with E-state index >= 15 is 0 Å². The molecule has 0 aliphatic carbocycles. The highest BCUT2D eigenvalue weighted by Crippen LogP contribution is 2.20. The van der Waals surface area contributed by atoms with E-state index in [1.165, 1.54) is 11.3 Å². The summed E-state index contributed by atoms with van der Waals surface area (Å²) in [5, 5.41) is 14.3. The molecule has 0 spiro atoms. The second-order valence-corrected chi connectivity index (χ2v) is 7.61. The molecule has 23 heavy (non-hydrogen) atoms. The molecule has 0 radical (unpaired) electrons. The fourth-order valence-corrected chi connectivity index (χ4v) is 2.89. The van der Waals surface area contributed by atoms with Crippen molar-refractivity contribution in [2.45, 2.75) is 52.2 Å². The first-order chi connectivity index (χ1) is 10.7. The van der Waals surface area contributed by atoms with Gasteiger partial charge in [0.1, 0.15) is 10.6 Å². The molecule has 0 unspecified atom stereocenters. The first-order valence-electron chi connectivity index (χ1n) is 7.59. The Labute approximate surface area is 139 Å². The van der Waals surface area contributed by atoms with E-state index in [4.69, 9.17) is 4.74 Å². The molecule has 0 aromatic carbocycles. The topological polar surface area (TPSA) is 96.5 Å². The monoisotopic (exact) mass is 341 g/mol. The molecule has 3 amide bonds. The maximum absolute atomic E-state index is 12.2. The van der Waals surface area contributed by atoms with Crippen LogP contribution in [0.15, 0.2) is 0 Å². The molecule has 128 valence electrons. The van der Waals surface area contributed by atoms with Crippen LogP contribution in [0, 0.1) is 6.92 Å². The maximum Gasteiger partial charge on any atom is 0.410 e. The molecule has 2 heterocycles. The highest BCUT2D eigenvalue weighted by atomic mass is 32.1. The van der Waals surface area contributed by atoms with E-state index in [9.17, 15) is 9.59 Å². The third-order valence-electron chi connectivity index (χ3n) is 3.25. The molecule has 1 atom stereocenters. The number of amides is 3. The summed E-state index contributed by atoms with van der Waals surface area (Å²) < 4.78 is 5.40. The van der Waals surface area contributed by atoms with Gasteiger partial charge in [-0.15, -0.1) is 10.2 Å². The van der Waals surface area contributed by atoms with E-state index in [1.807, 2.05) is 27.7 Å². The quantitative estimate of drug-likeness (QED) is 0.880. The lowest BCUT2D eigenvalue weighted by Crippen LogP contribution is -2.45. The second kappa shape index (κ2) is 7.12. The fourth-order valence-electron chi connectivity index (χ4n) is 2.31. The Morgan fingerprint density at radius 3 is 2.74 bits per heavy atom. The van der Waals surface area contributed by atoms with Crippen molar-refractivity contribution in [3.8, 4) is 0 Å². The number of aromatic nitrogens is 2. The van der Waals surface area contributed by atoms with E-state index in [0.717, 1.165) is 17.8 Å². The van der Waals surface area contributed by atoms with Crippen molar-refractivity contribution in [3.63, 3.8) is 0 Å². The Bertz CT molecular complexity index is 569. The smallest absolute Gasteiger partial charge is 0.410 e. The van der Waals surface area contributed by atoms with Gasteiger partial charge in [-0.2, -0.15) is 0 Å². The maximum atomic E-state index is 12.2. The number of carbonyl (C=O) groups is 2. The zero-order valence-corrected chi connectivity index (χ0v) is 14.7. The summed E-state index contributed by atoms with van der Waals surface area (Å²) >= 11 is 1.31. The molecule has 1 aromatic rings. The molecule has 1 aliphatic rings. The van der Waals surface area contributed by atoms with Gasteiger partial charge in [-0.3, -0.25) is 5.32 Å². The number of ether oxygens (including phenoxy) is 1. The Morgan fingerprint density at radius 2 is 2.13 bits per heavy atom. The number of anilines is 1. The van der Waals surface area contributed by atoms with Gasteiger partial charge in [-0.05, 0) is 40.5 Å². The molecule has 2 N–H and O–H groups in total. The zero-order valence-electron chi connectivity index (χ0n) is 13.9. The Morgan fingerprint density at radius 1 is 1.39 bits per heavy atom. The molecule has 2 rings (SSSR count). The van der Waals surface area contributed by atoms with Gasteiger partial charge in [-0.25, -0.2) is 9.59 Å². The second-order valence-electron chi connectivity index (χ2n) is 6.43. The third kappa shape index (κ3) is 5.34. The molecule has 1 aromatic heterocycles. The molecular weight excluding hydrogens is 318 g/mol. The number of nitrogens with one attached hydrogen (secondary N) is 2. The lowest BCUT2D eigenvalue weighted by atomic mass is 10.2. The lowest BCUT2D eigenvalue weighted by molar-refractivity contribution is 0.0228. The molecule has 1 aliphatic heterocycles. The number of hydrogen-bond acceptors (Lipinski definition) is 6. The van der Waals surface area contributed by atoms with E-state index in [2.05, 4.69) is 20.8 Å². The van der Waals surface area contributed by atoms with Crippen molar-refractivity contribution in [1.82, 2.24) is 20.4 Å². The van der Waals surface area contributed by atoms with Gasteiger partial charge < -0.3 is 15.0 Å². The van der Waals surface area contributed by atoms with Crippen molar-refractivity contribution in [3.05, 3.63) is 5.01 Å². The first-order valence-corrected chi connectivity index (χ1v) is 8.41. The van der Waals surface area contributed by atoms with Crippen molar-refractivity contribution in [1.29, 1.82) is 0 Å². The number of nitrogens with zero attached hydrogens (tertiary/aromatic N) is 3. The SMILES string of the molecule is Cc1nnc(NC(=O)NC[C@@H]2CCCN2C(=O)OC(C)(C)C)s1. The Hall–Kier alpha value is -1.90. The molecule has 9 heteroatoms. The van der Waals surface area contributed by atoms with Crippen LogP contribution < -0.4 is 10.6 Å². The van der Waals surface area contributed by atoms with Crippen LogP contribution in [0.1, 0.15) is 38.6 Å². The standard InChI is InChI=1S/C14H23N5O3S/c1-9-17-18-12(23-9)16-11(20)15-8-10-6-5-7-19(10)13(21)22-14(2,3)4/h10H,5-8H2,1-4H3,(H2,15,16,18,20)/t10-/m0/s1. The Kier molecular flexibility index (Phi) is 5.40. The van der Waals surface area contributed by atoms with Gasteiger partial charge in [0.2, 0.25) is 5.13 Å². The highest BCUT2D eigenvalue weighted by molar-refractivity contribution is 7.15. The van der Waals surface area contributed by atoms with Crippen LogP contribution in [0.4, 0.5) is 14.7 Å². The molecule has 1 saturated heterocycles. The predicted octanol–water partition coefficient (Wildman–Crippen LogP) is 2.37. The van der Waals surface area contributed by atoms with Gasteiger partial charge in [0.05, 0.1) is 6.04 Å². The van der Waals surface area contributed by atoms with Gasteiger partial charge in [0.15, 0.2) is 0 Å². The van der Waals surface area contributed by atoms with Crippen LogP contribution in [0.2, 0.25) is 0 Å². The summed E-state index contributed by atoms with van der Waals surface area (Å²) in [7, 11) is 0. The number of carbonyl (C=O) groups excluding carboxylic acids is 2. The fraction of sp³-hybridized carbons (Fsp3) is 0.714. The molecule has 0 saturated carbocycles. The van der Waals surface area contributed by atoms with E-state index in [0.29, 0.717) is 18.2 Å². The van der Waals surface area contributed by atoms with Gasteiger partial charge >= 0.3 is 12.1 Å². The number of likely N-dealkylation sites (tertiary alicyclic amines) is 1. The van der Waals surface area contributed by atoms with Crippen molar-refractivity contribution in [2.24, 2.45) is 0 Å². The van der Waals surface area contributed by atoms with Crippen LogP contribution in [-0.4, -0.2) is 52.0 Å². The van der Waals surface area contributed by atoms with Gasteiger partial charge in [-0.1, -0.05) is 11.3 Å². The number of urea groups is 1. The summed E-state index contributed by atoms with van der Waals surface area (Å²) in [6, 6.07) is -0.399. The largest absolute Gasteiger partial charge is 0.444 e. The van der Waals surface area contributed by atoms with E-state index < -0.39 is 5.60 Å². The van der Waals surface area contributed by atoms with Crippen LogP contribution in [0.5, 0.6) is 0 Å². The molecular formula is C14H23N5O3S. The minimum absolute atomic E-state index is 0.0493. The summed E-state index contributed by atoms with van der Waals surface area (Å²) in [5.74, 6) is 0. The van der Waals surface area contributed by atoms with Crippen LogP contribution in [0.25, 0.3) is 0 Å². The van der Waals surface area contributed by atoms with Crippen LogP contribution in [-0.2, 0) is 4.74 Å². The van der Waals surface area contributed by atoms with Gasteiger partial charge in [0.25, 0.3) is 0 Å². The van der Waals surface area contributed by atoms with Crippen molar-refractivity contribution >= 4 is 28.6 Å². The van der Waals surface area contributed by atoms with Gasteiger partial charge in [0, 0.05) is 13.1 Å². The highest BCUT2D eigenvalue weighted by Gasteiger charge is 2.32. The molecule has 1 fully saturated rings. The van der Waals surface area contributed by atoms with Crippen LogP contribution in [0.3, 0.4) is 0 Å². The number of rotatable bonds is 3. The summed E-state index contributed by atoms with van der Waals surface area (Å²) in [4.78, 5) is 25.7. The van der Waals surface area contributed by atoms with E-state index in [1.54, 1.807) is 4.90 Å². The first kappa shape index (κ1) is 17.5. The zero-order chi connectivity index (χ0) is 17.0. The summed E-state index contributed by atoms with van der Waals surface area (Å²) in [6.07, 6.45) is 1.42. The third-order valence-corrected chi connectivity index (χ3v) is 4.00.